The lowest BCUT2D eigenvalue weighted by Crippen LogP contribution is -1.84. The molecule has 1 fully saturated rings. The van der Waals surface area contributed by atoms with Crippen molar-refractivity contribution in [3.63, 3.8) is 0 Å². The molecule has 1 aliphatic carbocycles. The van der Waals surface area contributed by atoms with E-state index >= 15 is 0 Å². The van der Waals surface area contributed by atoms with Crippen LogP contribution in [0.25, 0.3) is 0 Å². The zero-order valence-electron chi connectivity index (χ0n) is 26.3. The van der Waals surface area contributed by atoms with Crippen LogP contribution in [0.3, 0.4) is 0 Å². The van der Waals surface area contributed by atoms with E-state index in [-0.39, 0.29) is 0 Å². The van der Waals surface area contributed by atoms with Crippen LogP contribution in [0.5, 0.6) is 0 Å². The van der Waals surface area contributed by atoms with Gasteiger partial charge in [0, 0.05) is 35.5 Å². The van der Waals surface area contributed by atoms with Crippen LogP contribution in [-0.4, -0.2) is 61.1 Å². The maximum Gasteiger partial charge on any atom is 0.0319 e. The summed E-state index contributed by atoms with van der Waals surface area (Å²) in [5.74, 6) is 0. The normalized spacial score (nSPS) is 18.3. The van der Waals surface area contributed by atoms with Crippen LogP contribution in [0.15, 0.2) is 0 Å². The van der Waals surface area contributed by atoms with Crippen molar-refractivity contribution in [1.82, 2.24) is 0 Å². The van der Waals surface area contributed by atoms with Crippen LogP contribution in [-0.2, 0) is 0 Å². The average Bonchev–Trinajstić information content (AvgIpc) is 2.98. The molecule has 0 aromatic carbocycles. The first-order valence-corrected chi connectivity index (χ1v) is 15.7. The highest BCUT2D eigenvalue weighted by atomic mass is 16.2. The average molecular weight is 539 g/mol. The third-order valence-electron chi connectivity index (χ3n) is 6.75. The fraction of sp³-hybridized carbons (Fsp3) is 1.00. The fourth-order valence-corrected chi connectivity index (χ4v) is 4.77. The molecule has 0 spiro atoms. The first-order chi connectivity index (χ1) is 18.5. The van der Waals surface area contributed by atoms with Crippen LogP contribution in [0, 0.1) is 0 Å². The summed E-state index contributed by atoms with van der Waals surface area (Å²) in [4.78, 5) is 0. The van der Waals surface area contributed by atoms with Crippen molar-refractivity contribution in [3.8, 4) is 0 Å². The Balaban J connectivity index is -0.000000303. The number of hydrogen-bond donors (Lipinski definition) is 5. The molecule has 0 heterocycles. The van der Waals surface area contributed by atoms with Crippen molar-refractivity contribution in [1.29, 1.82) is 0 Å². The molecule has 1 aliphatic rings. The topological polar surface area (TPSA) is 101 Å². The molecule has 0 bridgehead atoms. The summed E-state index contributed by atoms with van der Waals surface area (Å²) < 4.78 is 0. The molecule has 1 rings (SSSR count). The standard InChI is InChI=1S/C27H54.5CH4O/c1-2-4-6-8-10-12-14-16-18-20-22-24-26-27-25-23-21-19-17-15-13-11-9-7-5-3-1;5*1-2/h1-27H2;5*2H,1H3. The molecular formula is C32H74O5. The minimum atomic E-state index is 1.00. The zero-order chi connectivity index (χ0) is 29.1. The van der Waals surface area contributed by atoms with Gasteiger partial charge in [0.1, 0.15) is 0 Å². The summed E-state index contributed by atoms with van der Waals surface area (Å²) >= 11 is 0. The summed E-state index contributed by atoms with van der Waals surface area (Å²) in [6.45, 7) is 0. The van der Waals surface area contributed by atoms with Crippen LogP contribution in [0.2, 0.25) is 0 Å². The summed E-state index contributed by atoms with van der Waals surface area (Å²) in [5.41, 5.74) is 0. The Morgan fingerprint density at radius 2 is 0.162 bits per heavy atom. The number of aliphatic hydroxyl groups excluding tert-OH is 5. The highest BCUT2D eigenvalue weighted by molar-refractivity contribution is 4.53. The van der Waals surface area contributed by atoms with E-state index < -0.39 is 0 Å². The van der Waals surface area contributed by atoms with E-state index in [2.05, 4.69) is 0 Å². The van der Waals surface area contributed by atoms with Crippen molar-refractivity contribution in [2.24, 2.45) is 0 Å². The van der Waals surface area contributed by atoms with Gasteiger partial charge in [-0.25, -0.2) is 0 Å². The molecular weight excluding hydrogens is 464 g/mol. The molecule has 1 saturated carbocycles. The van der Waals surface area contributed by atoms with Crippen molar-refractivity contribution < 1.29 is 25.5 Å². The van der Waals surface area contributed by atoms with Crippen LogP contribution < -0.4 is 0 Å². The predicted octanol–water partition coefficient (Wildman–Crippen LogP) is 8.58. The molecule has 5 heteroatoms. The maximum absolute atomic E-state index is 7.00. The van der Waals surface area contributed by atoms with Crippen molar-refractivity contribution >= 4 is 0 Å². The molecule has 0 amide bonds. The summed E-state index contributed by atoms with van der Waals surface area (Å²) in [6, 6.07) is 0. The first kappa shape index (κ1) is 46.6. The van der Waals surface area contributed by atoms with Gasteiger partial charge in [0.2, 0.25) is 0 Å². The van der Waals surface area contributed by atoms with E-state index in [1.807, 2.05) is 0 Å². The molecule has 0 aliphatic heterocycles. The monoisotopic (exact) mass is 539 g/mol. The lowest BCUT2D eigenvalue weighted by Gasteiger charge is -2.04. The lowest BCUT2D eigenvalue weighted by atomic mass is 10.0. The van der Waals surface area contributed by atoms with E-state index in [0.29, 0.717) is 0 Å². The largest absolute Gasteiger partial charge is 0.400 e. The van der Waals surface area contributed by atoms with Gasteiger partial charge in [-0.3, -0.25) is 0 Å². The molecule has 0 aromatic heterocycles. The first-order valence-electron chi connectivity index (χ1n) is 15.7. The van der Waals surface area contributed by atoms with Crippen molar-refractivity contribution in [2.75, 3.05) is 35.5 Å². The number of rotatable bonds is 0. The molecule has 0 unspecified atom stereocenters. The Kier molecular flexibility index (Phi) is 76.1. The lowest BCUT2D eigenvalue weighted by molar-refractivity contribution is 0.399. The van der Waals surface area contributed by atoms with Crippen molar-refractivity contribution in [2.45, 2.75) is 173 Å². The molecule has 0 saturated heterocycles. The van der Waals surface area contributed by atoms with Crippen LogP contribution in [0.1, 0.15) is 173 Å². The van der Waals surface area contributed by atoms with Crippen LogP contribution >= 0.6 is 0 Å². The summed E-state index contributed by atoms with van der Waals surface area (Å²) in [7, 11) is 5.00. The molecule has 232 valence electrons. The minimum Gasteiger partial charge on any atom is -0.400 e. The van der Waals surface area contributed by atoms with E-state index in [0.717, 1.165) is 35.5 Å². The third-order valence-corrected chi connectivity index (χ3v) is 6.75. The van der Waals surface area contributed by atoms with Crippen molar-refractivity contribution in [3.05, 3.63) is 0 Å². The minimum absolute atomic E-state index is 1.00. The SMILES string of the molecule is C1CCCCCCCCCCCCCCCCCCCCCCCCCC1.CO.CO.CO.CO.CO. The second-order valence-electron chi connectivity index (χ2n) is 9.55. The van der Waals surface area contributed by atoms with E-state index in [1.165, 1.54) is 173 Å². The Morgan fingerprint density at radius 3 is 0.189 bits per heavy atom. The maximum atomic E-state index is 7.00. The smallest absolute Gasteiger partial charge is 0.0319 e. The van der Waals surface area contributed by atoms with Gasteiger partial charge in [0.15, 0.2) is 0 Å². The third kappa shape index (κ3) is 56.9. The molecule has 0 atom stereocenters. The van der Waals surface area contributed by atoms with Gasteiger partial charge in [-0.05, 0) is 0 Å². The predicted molar refractivity (Wildman–Crippen MR) is 165 cm³/mol. The Bertz CT molecular complexity index is 150. The van der Waals surface area contributed by atoms with Gasteiger partial charge in [0.25, 0.3) is 0 Å². The van der Waals surface area contributed by atoms with E-state index in [4.69, 9.17) is 25.5 Å². The van der Waals surface area contributed by atoms with Gasteiger partial charge < -0.3 is 25.5 Å². The Labute approximate surface area is 234 Å². The van der Waals surface area contributed by atoms with Gasteiger partial charge >= 0.3 is 0 Å². The molecule has 5 nitrogen and oxygen atoms in total. The zero-order valence-corrected chi connectivity index (χ0v) is 26.3. The Morgan fingerprint density at radius 1 is 0.135 bits per heavy atom. The summed E-state index contributed by atoms with van der Waals surface area (Å²) in [5, 5.41) is 35.0. The van der Waals surface area contributed by atoms with Gasteiger partial charge in [-0.2, -0.15) is 0 Å². The van der Waals surface area contributed by atoms with Gasteiger partial charge in [0.05, 0.1) is 0 Å². The van der Waals surface area contributed by atoms with Gasteiger partial charge in [-0.1, -0.05) is 173 Å². The number of aliphatic hydroxyl groups is 5. The van der Waals surface area contributed by atoms with E-state index in [1.54, 1.807) is 0 Å². The molecule has 37 heavy (non-hydrogen) atoms. The van der Waals surface area contributed by atoms with Crippen LogP contribution in [0.4, 0.5) is 0 Å². The molecule has 0 radical (unpaired) electrons. The second-order valence-corrected chi connectivity index (χ2v) is 9.55. The second kappa shape index (κ2) is 60.4. The fourth-order valence-electron chi connectivity index (χ4n) is 4.77. The molecule has 0 aromatic rings. The number of hydrogen-bond acceptors (Lipinski definition) is 5. The summed E-state index contributed by atoms with van der Waals surface area (Å²) in [6.07, 6.45) is 40.5. The Hall–Kier alpha value is -0.200. The molecule has 5 N–H and O–H groups in total. The quantitative estimate of drug-likeness (QED) is 0.213. The van der Waals surface area contributed by atoms with E-state index in [9.17, 15) is 0 Å². The highest BCUT2D eigenvalue weighted by Gasteiger charge is 1.97. The van der Waals surface area contributed by atoms with Gasteiger partial charge in [-0.15, -0.1) is 0 Å². The highest BCUT2D eigenvalue weighted by Crippen LogP contribution is 2.17.